The van der Waals surface area contributed by atoms with Gasteiger partial charge in [0.2, 0.25) is 0 Å². The van der Waals surface area contributed by atoms with Crippen LogP contribution in [-0.4, -0.2) is 18.9 Å². The molecule has 0 saturated heterocycles. The SMILES string of the molecule is CCCc1ccc(-c2ccc(C(=O)CCC(=O)OC)cc2)cc1. The second-order valence-corrected chi connectivity index (χ2v) is 5.52. The van der Waals surface area contributed by atoms with Crippen molar-refractivity contribution in [3.63, 3.8) is 0 Å². The third-order valence-electron chi connectivity index (χ3n) is 3.82. The Kier molecular flexibility index (Phi) is 6.10. The first-order valence-corrected chi connectivity index (χ1v) is 7.93. The van der Waals surface area contributed by atoms with Crippen molar-refractivity contribution in [2.24, 2.45) is 0 Å². The first-order valence-electron chi connectivity index (χ1n) is 7.93. The number of rotatable bonds is 7. The van der Waals surface area contributed by atoms with Crippen LogP contribution in [0.25, 0.3) is 11.1 Å². The summed E-state index contributed by atoms with van der Waals surface area (Å²) in [6.07, 6.45) is 2.53. The zero-order chi connectivity index (χ0) is 16.7. The van der Waals surface area contributed by atoms with Gasteiger partial charge in [0.1, 0.15) is 0 Å². The van der Waals surface area contributed by atoms with Crippen LogP contribution in [0.15, 0.2) is 48.5 Å². The zero-order valence-corrected chi connectivity index (χ0v) is 13.7. The molecule has 0 amide bonds. The molecule has 0 aliphatic rings. The molecule has 3 nitrogen and oxygen atoms in total. The predicted octanol–water partition coefficient (Wildman–Crippen LogP) is 4.44. The van der Waals surface area contributed by atoms with Gasteiger partial charge < -0.3 is 4.74 Å². The quantitative estimate of drug-likeness (QED) is 0.561. The molecule has 0 fully saturated rings. The molecule has 2 aromatic rings. The van der Waals surface area contributed by atoms with Gasteiger partial charge in [0.15, 0.2) is 5.78 Å². The van der Waals surface area contributed by atoms with Gasteiger partial charge in [-0.2, -0.15) is 0 Å². The molecule has 2 rings (SSSR count). The maximum absolute atomic E-state index is 12.0. The van der Waals surface area contributed by atoms with E-state index in [1.165, 1.54) is 12.7 Å². The topological polar surface area (TPSA) is 43.4 Å². The lowest BCUT2D eigenvalue weighted by molar-refractivity contribution is -0.140. The Labute approximate surface area is 137 Å². The molecular formula is C20H22O3. The van der Waals surface area contributed by atoms with Crippen molar-refractivity contribution in [2.45, 2.75) is 32.6 Å². The van der Waals surface area contributed by atoms with Crippen LogP contribution in [0.4, 0.5) is 0 Å². The van der Waals surface area contributed by atoms with E-state index in [0.717, 1.165) is 24.0 Å². The van der Waals surface area contributed by atoms with Gasteiger partial charge in [-0.1, -0.05) is 61.9 Å². The van der Waals surface area contributed by atoms with Crippen molar-refractivity contribution in [3.05, 3.63) is 59.7 Å². The lowest BCUT2D eigenvalue weighted by atomic mass is 9.99. The summed E-state index contributed by atoms with van der Waals surface area (Å²) in [7, 11) is 1.33. The van der Waals surface area contributed by atoms with Gasteiger partial charge in [-0.25, -0.2) is 0 Å². The molecular weight excluding hydrogens is 288 g/mol. The van der Waals surface area contributed by atoms with Gasteiger partial charge >= 0.3 is 5.97 Å². The van der Waals surface area contributed by atoms with E-state index in [1.807, 2.05) is 24.3 Å². The standard InChI is InChI=1S/C20H22O3/c1-3-4-15-5-7-16(8-6-15)17-9-11-18(12-10-17)19(21)13-14-20(22)23-2/h5-12H,3-4,13-14H2,1-2H3. The lowest BCUT2D eigenvalue weighted by Crippen LogP contribution is -2.05. The van der Waals surface area contributed by atoms with Crippen LogP contribution in [-0.2, 0) is 16.0 Å². The summed E-state index contributed by atoms with van der Waals surface area (Å²) in [5, 5.41) is 0. The van der Waals surface area contributed by atoms with Gasteiger partial charge in [-0.15, -0.1) is 0 Å². The highest BCUT2D eigenvalue weighted by atomic mass is 16.5. The molecule has 0 spiro atoms. The van der Waals surface area contributed by atoms with Crippen LogP contribution in [0.5, 0.6) is 0 Å². The Morgan fingerprint density at radius 1 is 0.870 bits per heavy atom. The molecule has 0 aromatic heterocycles. The predicted molar refractivity (Wildman–Crippen MR) is 91.5 cm³/mol. The average Bonchev–Trinajstić information content (AvgIpc) is 2.60. The summed E-state index contributed by atoms with van der Waals surface area (Å²) in [6.45, 7) is 2.17. The number of benzene rings is 2. The van der Waals surface area contributed by atoms with Crippen molar-refractivity contribution in [1.29, 1.82) is 0 Å². The van der Waals surface area contributed by atoms with Crippen molar-refractivity contribution in [1.82, 2.24) is 0 Å². The van der Waals surface area contributed by atoms with E-state index >= 15 is 0 Å². The summed E-state index contributed by atoms with van der Waals surface area (Å²) >= 11 is 0. The third kappa shape index (κ3) is 4.78. The highest BCUT2D eigenvalue weighted by molar-refractivity contribution is 5.97. The highest BCUT2D eigenvalue weighted by Gasteiger charge is 2.09. The summed E-state index contributed by atoms with van der Waals surface area (Å²) in [4.78, 5) is 23.1. The molecule has 0 unspecified atom stereocenters. The van der Waals surface area contributed by atoms with Gasteiger partial charge in [0.05, 0.1) is 13.5 Å². The van der Waals surface area contributed by atoms with Crippen LogP contribution >= 0.6 is 0 Å². The smallest absolute Gasteiger partial charge is 0.305 e. The Hall–Kier alpha value is -2.42. The van der Waals surface area contributed by atoms with E-state index in [-0.39, 0.29) is 24.6 Å². The third-order valence-corrected chi connectivity index (χ3v) is 3.82. The van der Waals surface area contributed by atoms with Crippen molar-refractivity contribution in [2.75, 3.05) is 7.11 Å². The Morgan fingerprint density at radius 3 is 1.96 bits per heavy atom. The second kappa shape index (κ2) is 8.28. The number of methoxy groups -OCH3 is 1. The molecule has 3 heteroatoms. The van der Waals surface area contributed by atoms with Crippen molar-refractivity contribution in [3.8, 4) is 11.1 Å². The number of Topliss-reactive ketones (excluding diaryl/α,β-unsaturated/α-hetero) is 1. The molecule has 0 radical (unpaired) electrons. The summed E-state index contributed by atoms with van der Waals surface area (Å²) in [5.74, 6) is -0.401. The Balaban J connectivity index is 2.03. The van der Waals surface area contributed by atoms with Gasteiger partial charge in [0, 0.05) is 12.0 Å². The minimum absolute atomic E-state index is 0.0414. The van der Waals surface area contributed by atoms with Crippen LogP contribution in [0.3, 0.4) is 0 Å². The second-order valence-electron chi connectivity index (χ2n) is 5.52. The van der Waals surface area contributed by atoms with E-state index in [2.05, 4.69) is 35.9 Å². The monoisotopic (exact) mass is 310 g/mol. The molecule has 0 heterocycles. The Morgan fingerprint density at radius 2 is 1.43 bits per heavy atom. The molecule has 120 valence electrons. The first-order chi connectivity index (χ1) is 11.1. The number of carbonyl (C=O) groups is 2. The number of esters is 1. The van der Waals surface area contributed by atoms with Crippen molar-refractivity contribution >= 4 is 11.8 Å². The number of ketones is 1. The number of hydrogen-bond acceptors (Lipinski definition) is 3. The minimum atomic E-state index is -0.359. The Bertz CT molecular complexity index is 654. The maximum atomic E-state index is 12.0. The number of ether oxygens (including phenoxy) is 1. The summed E-state index contributed by atoms with van der Waals surface area (Å²) < 4.78 is 4.55. The molecule has 0 bridgehead atoms. The number of aryl methyl sites for hydroxylation is 1. The molecule has 23 heavy (non-hydrogen) atoms. The average molecular weight is 310 g/mol. The molecule has 2 aromatic carbocycles. The van der Waals surface area contributed by atoms with Crippen LogP contribution in [0, 0.1) is 0 Å². The van der Waals surface area contributed by atoms with E-state index < -0.39 is 0 Å². The fraction of sp³-hybridized carbons (Fsp3) is 0.300. The molecule has 0 saturated carbocycles. The van der Waals surface area contributed by atoms with Gasteiger partial charge in [0.25, 0.3) is 0 Å². The number of carbonyl (C=O) groups excluding carboxylic acids is 2. The van der Waals surface area contributed by atoms with Crippen molar-refractivity contribution < 1.29 is 14.3 Å². The maximum Gasteiger partial charge on any atom is 0.305 e. The number of hydrogen-bond donors (Lipinski definition) is 0. The van der Waals surface area contributed by atoms with Gasteiger partial charge in [-0.3, -0.25) is 9.59 Å². The van der Waals surface area contributed by atoms with E-state index in [1.54, 1.807) is 0 Å². The van der Waals surface area contributed by atoms with Crippen LogP contribution < -0.4 is 0 Å². The molecule has 0 atom stereocenters. The van der Waals surface area contributed by atoms with E-state index in [4.69, 9.17) is 0 Å². The first kappa shape index (κ1) is 16.9. The summed E-state index contributed by atoms with van der Waals surface area (Å²) in [5.41, 5.74) is 4.18. The normalized spacial score (nSPS) is 10.3. The minimum Gasteiger partial charge on any atom is -0.469 e. The largest absolute Gasteiger partial charge is 0.469 e. The lowest BCUT2D eigenvalue weighted by Gasteiger charge is -2.06. The zero-order valence-electron chi connectivity index (χ0n) is 13.7. The molecule has 0 aliphatic carbocycles. The fourth-order valence-corrected chi connectivity index (χ4v) is 2.46. The summed E-state index contributed by atoms with van der Waals surface area (Å²) in [6, 6.07) is 16.0. The van der Waals surface area contributed by atoms with Crippen LogP contribution in [0.2, 0.25) is 0 Å². The molecule has 0 N–H and O–H groups in total. The highest BCUT2D eigenvalue weighted by Crippen LogP contribution is 2.21. The van der Waals surface area contributed by atoms with E-state index in [0.29, 0.717) is 5.56 Å². The van der Waals surface area contributed by atoms with Crippen LogP contribution in [0.1, 0.15) is 42.1 Å². The fourth-order valence-electron chi connectivity index (χ4n) is 2.46. The molecule has 0 aliphatic heterocycles. The van der Waals surface area contributed by atoms with E-state index in [9.17, 15) is 9.59 Å². The van der Waals surface area contributed by atoms with Gasteiger partial charge in [-0.05, 0) is 23.1 Å².